The number of H-pyrrole nitrogens is 1. The summed E-state index contributed by atoms with van der Waals surface area (Å²) in [5, 5.41) is 9.67. The van der Waals surface area contributed by atoms with Crippen molar-refractivity contribution in [2.24, 2.45) is 0 Å². The molecule has 0 spiro atoms. The zero-order valence-electron chi connectivity index (χ0n) is 9.24. The third-order valence-corrected chi connectivity index (χ3v) is 2.53. The highest BCUT2D eigenvalue weighted by atomic mass is 16.4. The van der Waals surface area contributed by atoms with Gasteiger partial charge in [0.05, 0.1) is 16.6 Å². The van der Waals surface area contributed by atoms with Gasteiger partial charge in [-0.2, -0.15) is 0 Å². The second-order valence-electron chi connectivity index (χ2n) is 3.52. The third-order valence-electron chi connectivity index (χ3n) is 2.53. The van der Waals surface area contributed by atoms with Gasteiger partial charge in [-0.05, 0) is 6.42 Å². The predicted molar refractivity (Wildman–Crippen MR) is 59.6 cm³/mol. The van der Waals surface area contributed by atoms with Gasteiger partial charge in [0, 0.05) is 12.6 Å². The van der Waals surface area contributed by atoms with Crippen LogP contribution < -0.4 is 0 Å². The Labute approximate surface area is 92.5 Å². The zero-order chi connectivity index (χ0) is 11.7. The van der Waals surface area contributed by atoms with Crippen LogP contribution in [-0.4, -0.2) is 26.0 Å². The van der Waals surface area contributed by atoms with Gasteiger partial charge in [0.15, 0.2) is 0 Å². The maximum atomic E-state index is 11.0. The second-order valence-corrected chi connectivity index (χ2v) is 3.52. The van der Waals surface area contributed by atoms with Crippen LogP contribution in [0.15, 0.2) is 6.20 Å². The van der Waals surface area contributed by atoms with Gasteiger partial charge in [-0.1, -0.05) is 13.8 Å². The number of rotatable bonds is 3. The molecule has 2 rings (SSSR count). The zero-order valence-corrected chi connectivity index (χ0v) is 9.24. The molecule has 2 aromatic rings. The number of aryl methyl sites for hydroxylation is 2. The fourth-order valence-electron chi connectivity index (χ4n) is 1.74. The van der Waals surface area contributed by atoms with E-state index in [0.29, 0.717) is 17.5 Å². The van der Waals surface area contributed by atoms with Crippen molar-refractivity contribution in [2.45, 2.75) is 26.7 Å². The number of aromatic nitrogens is 3. The summed E-state index contributed by atoms with van der Waals surface area (Å²) in [7, 11) is 0. The minimum absolute atomic E-state index is 0.245. The van der Waals surface area contributed by atoms with Crippen molar-refractivity contribution >= 4 is 17.0 Å². The average molecular weight is 219 g/mol. The van der Waals surface area contributed by atoms with Crippen LogP contribution in [0.4, 0.5) is 0 Å². The number of fused-ring (bicyclic) bond motifs is 1. The standard InChI is InChI=1S/C11H13N3O2/c1-3-7-9-6(11(15)16)5-12-10(9)14-8(4-2)13-7/h5H,3-4H2,1-2H3,(H,15,16)(H,12,13,14). The summed E-state index contributed by atoms with van der Waals surface area (Å²) in [6, 6.07) is 0. The number of nitrogens with zero attached hydrogens (tertiary/aromatic N) is 2. The van der Waals surface area contributed by atoms with Crippen molar-refractivity contribution < 1.29 is 9.90 Å². The molecule has 0 bridgehead atoms. The molecule has 0 atom stereocenters. The number of aromatic carboxylic acids is 1. The number of carboxylic acid groups (broad SMARTS) is 1. The van der Waals surface area contributed by atoms with Crippen LogP contribution in [0.5, 0.6) is 0 Å². The van der Waals surface area contributed by atoms with Crippen LogP contribution in [-0.2, 0) is 12.8 Å². The first-order valence-corrected chi connectivity index (χ1v) is 5.27. The summed E-state index contributed by atoms with van der Waals surface area (Å²) in [5.41, 5.74) is 1.65. The maximum absolute atomic E-state index is 11.0. The lowest BCUT2D eigenvalue weighted by Crippen LogP contribution is -2.02. The molecule has 0 amide bonds. The molecule has 0 aliphatic carbocycles. The number of aromatic amines is 1. The van der Waals surface area contributed by atoms with Gasteiger partial charge in [0.2, 0.25) is 0 Å². The highest BCUT2D eigenvalue weighted by molar-refractivity contribution is 6.03. The van der Waals surface area contributed by atoms with Crippen LogP contribution in [0.25, 0.3) is 11.0 Å². The van der Waals surface area contributed by atoms with E-state index in [1.807, 2.05) is 13.8 Å². The van der Waals surface area contributed by atoms with Crippen molar-refractivity contribution in [3.05, 3.63) is 23.3 Å². The van der Waals surface area contributed by atoms with E-state index < -0.39 is 5.97 Å². The largest absolute Gasteiger partial charge is 0.478 e. The Morgan fingerprint density at radius 1 is 1.38 bits per heavy atom. The summed E-state index contributed by atoms with van der Waals surface area (Å²) in [5.74, 6) is -0.211. The average Bonchev–Trinajstić information content (AvgIpc) is 2.71. The molecule has 0 aliphatic heterocycles. The van der Waals surface area contributed by atoms with Crippen molar-refractivity contribution in [1.29, 1.82) is 0 Å². The topological polar surface area (TPSA) is 78.9 Å². The quantitative estimate of drug-likeness (QED) is 0.824. The van der Waals surface area contributed by atoms with E-state index in [1.165, 1.54) is 6.20 Å². The van der Waals surface area contributed by atoms with Crippen LogP contribution in [0, 0.1) is 0 Å². The van der Waals surface area contributed by atoms with Crippen molar-refractivity contribution in [3.63, 3.8) is 0 Å². The Hall–Kier alpha value is -1.91. The van der Waals surface area contributed by atoms with E-state index in [1.54, 1.807) is 0 Å². The molecule has 0 fully saturated rings. The fraction of sp³-hybridized carbons (Fsp3) is 0.364. The van der Waals surface area contributed by atoms with E-state index in [9.17, 15) is 4.79 Å². The van der Waals surface area contributed by atoms with E-state index in [2.05, 4.69) is 15.0 Å². The summed E-state index contributed by atoms with van der Waals surface area (Å²) in [6.07, 6.45) is 2.91. The highest BCUT2D eigenvalue weighted by Crippen LogP contribution is 2.20. The van der Waals surface area contributed by atoms with E-state index in [4.69, 9.17) is 5.11 Å². The van der Waals surface area contributed by atoms with Gasteiger partial charge in [-0.3, -0.25) is 0 Å². The van der Waals surface area contributed by atoms with Gasteiger partial charge >= 0.3 is 5.97 Å². The van der Waals surface area contributed by atoms with Gasteiger partial charge < -0.3 is 10.1 Å². The Morgan fingerprint density at radius 2 is 2.12 bits per heavy atom. The van der Waals surface area contributed by atoms with Crippen LogP contribution in [0.1, 0.15) is 35.7 Å². The Morgan fingerprint density at radius 3 is 2.69 bits per heavy atom. The molecule has 0 saturated heterocycles. The van der Waals surface area contributed by atoms with E-state index in [-0.39, 0.29) is 5.56 Å². The van der Waals surface area contributed by atoms with E-state index in [0.717, 1.165) is 17.9 Å². The Kier molecular flexibility index (Phi) is 2.60. The van der Waals surface area contributed by atoms with Crippen molar-refractivity contribution in [1.82, 2.24) is 15.0 Å². The molecule has 0 aromatic carbocycles. The molecule has 5 heteroatoms. The van der Waals surface area contributed by atoms with Crippen molar-refractivity contribution in [2.75, 3.05) is 0 Å². The molecule has 5 nitrogen and oxygen atoms in total. The predicted octanol–water partition coefficient (Wildman–Crippen LogP) is 1.78. The number of hydrogen-bond donors (Lipinski definition) is 2. The summed E-state index contributed by atoms with van der Waals surface area (Å²) in [4.78, 5) is 22.5. The number of nitrogens with one attached hydrogen (secondary N) is 1. The summed E-state index contributed by atoms with van der Waals surface area (Å²) in [6.45, 7) is 3.93. The molecular formula is C11H13N3O2. The molecule has 2 aromatic heterocycles. The van der Waals surface area contributed by atoms with Crippen molar-refractivity contribution in [3.8, 4) is 0 Å². The van der Waals surface area contributed by atoms with Gasteiger partial charge in [-0.15, -0.1) is 0 Å². The SMILES string of the molecule is CCc1nc(CC)c2c(C(=O)O)c[nH]c2n1. The van der Waals surface area contributed by atoms with Gasteiger partial charge in [-0.25, -0.2) is 14.8 Å². The maximum Gasteiger partial charge on any atom is 0.338 e. The molecule has 0 aliphatic rings. The number of hydrogen-bond acceptors (Lipinski definition) is 3. The monoisotopic (exact) mass is 219 g/mol. The fourth-order valence-corrected chi connectivity index (χ4v) is 1.74. The molecule has 0 saturated carbocycles. The lowest BCUT2D eigenvalue weighted by Gasteiger charge is -2.03. The third kappa shape index (κ3) is 1.54. The Bertz CT molecular complexity index is 545. The molecular weight excluding hydrogens is 206 g/mol. The molecule has 0 unspecified atom stereocenters. The van der Waals surface area contributed by atoms with Gasteiger partial charge in [0.25, 0.3) is 0 Å². The first-order chi connectivity index (χ1) is 7.67. The summed E-state index contributed by atoms with van der Waals surface area (Å²) < 4.78 is 0. The Balaban J connectivity index is 2.77. The minimum atomic E-state index is -0.950. The highest BCUT2D eigenvalue weighted by Gasteiger charge is 2.16. The van der Waals surface area contributed by atoms with E-state index >= 15 is 0 Å². The van der Waals surface area contributed by atoms with Crippen LogP contribution in [0.3, 0.4) is 0 Å². The lowest BCUT2D eigenvalue weighted by atomic mass is 10.1. The van der Waals surface area contributed by atoms with Gasteiger partial charge in [0.1, 0.15) is 11.5 Å². The first kappa shape index (κ1) is 10.6. The number of carboxylic acids is 1. The lowest BCUT2D eigenvalue weighted by molar-refractivity contribution is 0.0699. The second kappa shape index (κ2) is 3.92. The minimum Gasteiger partial charge on any atom is -0.478 e. The molecule has 16 heavy (non-hydrogen) atoms. The summed E-state index contributed by atoms with van der Waals surface area (Å²) >= 11 is 0. The first-order valence-electron chi connectivity index (χ1n) is 5.27. The molecule has 2 N–H and O–H groups in total. The smallest absolute Gasteiger partial charge is 0.338 e. The van der Waals surface area contributed by atoms with Crippen LogP contribution in [0.2, 0.25) is 0 Å². The number of carbonyl (C=O) groups is 1. The molecule has 84 valence electrons. The molecule has 2 heterocycles. The normalized spacial score (nSPS) is 10.9. The van der Waals surface area contributed by atoms with Crippen LogP contribution >= 0.6 is 0 Å². The molecule has 0 radical (unpaired) electrons.